The van der Waals surface area contributed by atoms with Gasteiger partial charge in [0.05, 0.1) is 14.2 Å². The Morgan fingerprint density at radius 1 is 0.971 bits per heavy atom. The number of benzene rings is 2. The van der Waals surface area contributed by atoms with E-state index >= 15 is 0 Å². The normalized spacial score (nSPS) is 24.2. The third kappa shape index (κ3) is 4.35. The van der Waals surface area contributed by atoms with E-state index in [1.807, 2.05) is 0 Å². The lowest BCUT2D eigenvalue weighted by Gasteiger charge is -2.38. The molecule has 186 valence electrons. The quantitative estimate of drug-likeness (QED) is 0.307. The molecule has 1 saturated heterocycles. The van der Waals surface area contributed by atoms with E-state index in [-0.39, 0.29) is 34.0 Å². The molecule has 4 rings (SSSR count). The highest BCUT2D eigenvalue weighted by Gasteiger charge is 2.48. The predicted molar refractivity (Wildman–Crippen MR) is 117 cm³/mol. The fourth-order valence-corrected chi connectivity index (χ4v) is 3.70. The van der Waals surface area contributed by atoms with Crippen molar-refractivity contribution in [1.82, 2.24) is 0 Å². The van der Waals surface area contributed by atoms with Gasteiger partial charge in [0.15, 0.2) is 11.9 Å². The monoisotopic (exact) mass is 490 g/mol. The van der Waals surface area contributed by atoms with Crippen molar-refractivity contribution in [1.29, 1.82) is 0 Å². The van der Waals surface area contributed by atoms with Crippen molar-refractivity contribution in [2.24, 2.45) is 0 Å². The van der Waals surface area contributed by atoms with Crippen LogP contribution >= 0.6 is 0 Å². The second-order valence-corrected chi connectivity index (χ2v) is 7.69. The van der Waals surface area contributed by atoms with E-state index in [1.165, 1.54) is 37.4 Å². The van der Waals surface area contributed by atoms with E-state index in [4.69, 9.17) is 18.6 Å². The van der Waals surface area contributed by atoms with Gasteiger partial charge in [-0.05, 0) is 24.3 Å². The topological polar surface area (TPSA) is 185 Å². The van der Waals surface area contributed by atoms with Crippen molar-refractivity contribution >= 4 is 16.9 Å². The maximum Gasteiger partial charge on any atom is 0.337 e. The molecule has 0 unspecified atom stereocenters. The molecular formula is C23H22O12. The lowest BCUT2D eigenvalue weighted by atomic mass is 9.99. The molecule has 2 aromatic carbocycles. The van der Waals surface area contributed by atoms with Gasteiger partial charge in [0.1, 0.15) is 46.5 Å². The van der Waals surface area contributed by atoms with Crippen molar-refractivity contribution in [2.45, 2.75) is 30.7 Å². The number of carbonyl (C=O) groups excluding carboxylic acids is 1. The highest BCUT2D eigenvalue weighted by Crippen LogP contribution is 2.37. The molecule has 1 fully saturated rings. The minimum atomic E-state index is -1.81. The van der Waals surface area contributed by atoms with Gasteiger partial charge in [-0.1, -0.05) is 0 Å². The maximum atomic E-state index is 13.0. The molecule has 12 heteroatoms. The zero-order valence-corrected chi connectivity index (χ0v) is 18.4. The number of hydrogen-bond donors (Lipinski definition) is 5. The van der Waals surface area contributed by atoms with Gasteiger partial charge in [0.2, 0.25) is 17.5 Å². The lowest BCUT2D eigenvalue weighted by Crippen LogP contribution is -2.61. The molecule has 35 heavy (non-hydrogen) atoms. The Balaban J connectivity index is 1.76. The van der Waals surface area contributed by atoms with E-state index in [0.29, 0.717) is 5.56 Å². The summed E-state index contributed by atoms with van der Waals surface area (Å²) in [6.07, 6.45) is -8.67. The van der Waals surface area contributed by atoms with Crippen LogP contribution in [0.2, 0.25) is 0 Å². The molecular weight excluding hydrogens is 468 g/mol. The number of aromatic hydroxyl groups is 2. The molecule has 1 aromatic heterocycles. The summed E-state index contributed by atoms with van der Waals surface area (Å²) < 4.78 is 26.4. The highest BCUT2D eigenvalue weighted by atomic mass is 16.7. The second kappa shape index (κ2) is 9.43. The SMILES string of the molecule is COC(=O)[C@H]1O[C@@H](Oc2cc(O)c3c(=O)c(OC)c(-c4ccc(O)cc4)oc3c2)[C@H](O)[C@@H](O)[C@@H]1O. The Bertz CT molecular complexity index is 1300. The molecule has 3 aromatic rings. The first kappa shape index (κ1) is 24.3. The van der Waals surface area contributed by atoms with Gasteiger partial charge >= 0.3 is 5.97 Å². The number of carbonyl (C=O) groups is 1. The van der Waals surface area contributed by atoms with Crippen LogP contribution in [-0.4, -0.2) is 76.4 Å². The molecule has 2 heterocycles. The summed E-state index contributed by atoms with van der Waals surface area (Å²) >= 11 is 0. The van der Waals surface area contributed by atoms with E-state index in [2.05, 4.69) is 4.74 Å². The molecule has 0 aliphatic carbocycles. The summed E-state index contributed by atoms with van der Waals surface area (Å²) in [5.74, 6) is -1.88. The summed E-state index contributed by atoms with van der Waals surface area (Å²) in [5.41, 5.74) is -0.406. The van der Waals surface area contributed by atoms with Crippen molar-refractivity contribution < 1.29 is 53.7 Å². The van der Waals surface area contributed by atoms with Gasteiger partial charge in [0.25, 0.3) is 0 Å². The zero-order valence-electron chi connectivity index (χ0n) is 18.4. The summed E-state index contributed by atoms with van der Waals surface area (Å²) in [6.45, 7) is 0. The molecule has 1 aliphatic heterocycles. The lowest BCUT2D eigenvalue weighted by molar-refractivity contribution is -0.271. The Hall–Kier alpha value is -3.84. The van der Waals surface area contributed by atoms with E-state index < -0.39 is 47.9 Å². The number of esters is 1. The average molecular weight is 490 g/mol. The fraction of sp³-hybridized carbons (Fsp3) is 0.304. The summed E-state index contributed by atoms with van der Waals surface area (Å²) in [7, 11) is 2.31. The molecule has 0 radical (unpaired) electrons. The first-order valence-corrected chi connectivity index (χ1v) is 10.3. The van der Waals surface area contributed by atoms with Crippen LogP contribution in [0.4, 0.5) is 0 Å². The number of phenols is 2. The number of aliphatic hydroxyl groups is 3. The van der Waals surface area contributed by atoms with Crippen molar-refractivity contribution in [3.8, 4) is 34.3 Å². The highest BCUT2D eigenvalue weighted by molar-refractivity contribution is 5.88. The van der Waals surface area contributed by atoms with E-state index in [0.717, 1.165) is 13.2 Å². The standard InChI is InChI=1S/C23H22O12/c1-31-20-15(26)14-12(25)7-11(8-13(14)34-19(20)9-3-5-10(24)6-4-9)33-23-18(29)16(27)17(28)21(35-23)22(30)32-2/h3-8,16-18,21,23-25,27-29H,1-2H3/t16-,17-,18+,21-,23+/m0/s1. The Morgan fingerprint density at radius 3 is 2.29 bits per heavy atom. The van der Waals surface area contributed by atoms with Gasteiger partial charge in [-0.25, -0.2) is 4.79 Å². The number of phenolic OH excluding ortho intramolecular Hbond substituents is 2. The van der Waals surface area contributed by atoms with Crippen LogP contribution in [0.25, 0.3) is 22.3 Å². The smallest absolute Gasteiger partial charge is 0.337 e. The van der Waals surface area contributed by atoms with Crippen LogP contribution < -0.4 is 14.9 Å². The van der Waals surface area contributed by atoms with Crippen molar-refractivity contribution in [2.75, 3.05) is 14.2 Å². The van der Waals surface area contributed by atoms with Crippen LogP contribution in [-0.2, 0) is 14.3 Å². The summed E-state index contributed by atoms with van der Waals surface area (Å²) in [4.78, 5) is 24.9. The molecule has 5 N–H and O–H groups in total. The van der Waals surface area contributed by atoms with Gasteiger partial charge in [0, 0.05) is 17.7 Å². The summed E-state index contributed by atoms with van der Waals surface area (Å²) in [6, 6.07) is 8.02. The van der Waals surface area contributed by atoms with Crippen molar-refractivity contribution in [3.05, 3.63) is 46.6 Å². The molecule has 0 spiro atoms. The second-order valence-electron chi connectivity index (χ2n) is 7.69. The largest absolute Gasteiger partial charge is 0.508 e. The van der Waals surface area contributed by atoms with Crippen molar-refractivity contribution in [3.63, 3.8) is 0 Å². The number of ether oxygens (including phenoxy) is 4. The fourth-order valence-electron chi connectivity index (χ4n) is 3.70. The number of rotatable bonds is 5. The first-order chi connectivity index (χ1) is 16.7. The number of methoxy groups -OCH3 is 2. The third-order valence-electron chi connectivity index (χ3n) is 5.50. The minimum absolute atomic E-state index is 0.00668. The summed E-state index contributed by atoms with van der Waals surface area (Å²) in [5, 5.41) is 50.2. The van der Waals surface area contributed by atoms with Crippen LogP contribution in [0, 0.1) is 0 Å². The maximum absolute atomic E-state index is 13.0. The van der Waals surface area contributed by atoms with Crippen LogP contribution in [0.1, 0.15) is 0 Å². The third-order valence-corrected chi connectivity index (χ3v) is 5.50. The first-order valence-electron chi connectivity index (χ1n) is 10.3. The Kier molecular flexibility index (Phi) is 6.54. The van der Waals surface area contributed by atoms with Crippen LogP contribution in [0.15, 0.2) is 45.6 Å². The number of aliphatic hydroxyl groups excluding tert-OH is 3. The number of hydrogen-bond acceptors (Lipinski definition) is 12. The van der Waals surface area contributed by atoms with Gasteiger partial charge in [-0.3, -0.25) is 4.79 Å². The van der Waals surface area contributed by atoms with Gasteiger partial charge < -0.3 is 48.9 Å². The molecule has 5 atom stereocenters. The van der Waals surface area contributed by atoms with E-state index in [9.17, 15) is 35.1 Å². The van der Waals surface area contributed by atoms with Gasteiger partial charge in [-0.15, -0.1) is 0 Å². The Labute approximate surface area is 197 Å². The zero-order chi connectivity index (χ0) is 25.4. The minimum Gasteiger partial charge on any atom is -0.508 e. The predicted octanol–water partition coefficient (Wildman–Crippen LogP) is 0.239. The molecule has 12 nitrogen and oxygen atoms in total. The van der Waals surface area contributed by atoms with Gasteiger partial charge in [-0.2, -0.15) is 0 Å². The molecule has 0 saturated carbocycles. The molecule has 1 aliphatic rings. The number of fused-ring (bicyclic) bond motifs is 1. The molecule has 0 amide bonds. The average Bonchev–Trinajstić information content (AvgIpc) is 2.84. The van der Waals surface area contributed by atoms with E-state index in [1.54, 1.807) is 0 Å². The van der Waals surface area contributed by atoms with Crippen LogP contribution in [0.3, 0.4) is 0 Å². The Morgan fingerprint density at radius 2 is 1.66 bits per heavy atom. The van der Waals surface area contributed by atoms with Crippen LogP contribution in [0.5, 0.6) is 23.0 Å². The molecule has 0 bridgehead atoms.